The minimum atomic E-state index is -4.23. The van der Waals surface area contributed by atoms with Gasteiger partial charge >= 0.3 is 0 Å². The molecule has 1 amide bonds. The first-order valence-electron chi connectivity index (χ1n) is 11.3. The number of fused-ring (bicyclic) bond motifs is 1. The average Bonchev–Trinajstić information content (AvgIpc) is 3.26. The van der Waals surface area contributed by atoms with Gasteiger partial charge < -0.3 is 15.4 Å². The van der Waals surface area contributed by atoms with Gasteiger partial charge in [-0.3, -0.25) is 9.89 Å². The molecule has 1 fully saturated rings. The van der Waals surface area contributed by atoms with Crippen LogP contribution in [0.25, 0.3) is 10.9 Å². The Morgan fingerprint density at radius 2 is 1.69 bits per heavy atom. The van der Waals surface area contributed by atoms with Crippen LogP contribution in [-0.4, -0.2) is 43.8 Å². The fraction of sp³-hybridized carbons (Fsp3) is 0.200. The Balaban J connectivity index is 1.44. The number of anilines is 2. The van der Waals surface area contributed by atoms with E-state index in [1.807, 2.05) is 12.1 Å². The third-order valence-electron chi connectivity index (χ3n) is 5.98. The highest BCUT2D eigenvalue weighted by molar-refractivity contribution is 7.91. The van der Waals surface area contributed by atoms with Gasteiger partial charge in [-0.1, -0.05) is 12.1 Å². The predicted molar refractivity (Wildman–Crippen MR) is 130 cm³/mol. The number of rotatable bonds is 6. The van der Waals surface area contributed by atoms with E-state index >= 15 is 0 Å². The number of amides is 1. The predicted octanol–water partition coefficient (Wildman–Crippen LogP) is 4.52. The lowest BCUT2D eigenvalue weighted by molar-refractivity contribution is 0.0904. The van der Waals surface area contributed by atoms with Crippen molar-refractivity contribution in [2.24, 2.45) is 0 Å². The number of H-pyrrole nitrogens is 1. The van der Waals surface area contributed by atoms with Crippen molar-refractivity contribution in [3.05, 3.63) is 77.9 Å². The lowest BCUT2D eigenvalue weighted by atomic mass is 10.1. The number of halogens is 2. The Labute approximate surface area is 205 Å². The molecule has 0 spiro atoms. The van der Waals surface area contributed by atoms with E-state index in [1.54, 1.807) is 12.1 Å². The first kappa shape index (κ1) is 23.9. The standard InChI is InChI=1S/C25H22F2N4O4S/c26-15-11-16(27)13-19(12-15)36(33,34)18-5-6-23-21(14-18)24(31-30-23)29-25(32)20-3-1-2-4-22(20)28-17-7-9-35-10-8-17/h1-6,11-14,17,28H,7-10H2,(H2,29,30,31,32). The zero-order chi connectivity index (χ0) is 25.3. The van der Waals surface area contributed by atoms with E-state index in [9.17, 15) is 22.0 Å². The van der Waals surface area contributed by atoms with Crippen LogP contribution in [0, 0.1) is 11.6 Å². The van der Waals surface area contributed by atoms with Gasteiger partial charge in [0.15, 0.2) is 5.82 Å². The number of aromatic nitrogens is 2. The fourth-order valence-electron chi connectivity index (χ4n) is 4.12. The van der Waals surface area contributed by atoms with Crippen molar-refractivity contribution in [2.75, 3.05) is 23.8 Å². The van der Waals surface area contributed by atoms with E-state index in [2.05, 4.69) is 20.8 Å². The SMILES string of the molecule is O=C(Nc1n[nH]c2ccc(S(=O)(=O)c3cc(F)cc(F)c3)cc12)c1ccccc1NC1CCOCC1. The van der Waals surface area contributed by atoms with Gasteiger partial charge in [-0.05, 0) is 55.3 Å². The second-order valence-corrected chi connectivity index (χ2v) is 10.4. The maximum Gasteiger partial charge on any atom is 0.258 e. The zero-order valence-electron chi connectivity index (χ0n) is 18.9. The summed E-state index contributed by atoms with van der Waals surface area (Å²) < 4.78 is 58.7. The summed E-state index contributed by atoms with van der Waals surface area (Å²) >= 11 is 0. The van der Waals surface area contributed by atoms with E-state index in [0.29, 0.717) is 41.4 Å². The van der Waals surface area contributed by atoms with Crippen LogP contribution >= 0.6 is 0 Å². The molecular formula is C25H22F2N4O4S. The number of para-hydroxylation sites is 1. The summed E-state index contributed by atoms with van der Waals surface area (Å²) in [4.78, 5) is 12.5. The van der Waals surface area contributed by atoms with Gasteiger partial charge in [0.2, 0.25) is 9.84 Å². The molecule has 0 bridgehead atoms. The summed E-state index contributed by atoms with van der Waals surface area (Å²) in [5.41, 5.74) is 1.54. The smallest absolute Gasteiger partial charge is 0.258 e. The van der Waals surface area contributed by atoms with Gasteiger partial charge in [0.1, 0.15) is 11.6 Å². The van der Waals surface area contributed by atoms with Crippen molar-refractivity contribution in [1.29, 1.82) is 0 Å². The number of hydrogen-bond acceptors (Lipinski definition) is 6. The zero-order valence-corrected chi connectivity index (χ0v) is 19.7. The highest BCUT2D eigenvalue weighted by Gasteiger charge is 2.22. The van der Waals surface area contributed by atoms with Crippen molar-refractivity contribution in [1.82, 2.24) is 10.2 Å². The highest BCUT2D eigenvalue weighted by Crippen LogP contribution is 2.29. The number of sulfone groups is 1. The molecule has 0 aliphatic carbocycles. The lowest BCUT2D eigenvalue weighted by Crippen LogP contribution is -2.29. The minimum absolute atomic E-state index is 0.123. The van der Waals surface area contributed by atoms with Crippen molar-refractivity contribution in [2.45, 2.75) is 28.7 Å². The third-order valence-corrected chi connectivity index (χ3v) is 7.71. The molecule has 1 aromatic heterocycles. The van der Waals surface area contributed by atoms with E-state index in [-0.39, 0.29) is 16.8 Å². The van der Waals surface area contributed by atoms with Gasteiger partial charge in [0.05, 0.1) is 20.9 Å². The lowest BCUT2D eigenvalue weighted by Gasteiger charge is -2.25. The number of ether oxygens (including phenoxy) is 1. The Kier molecular flexibility index (Phi) is 6.42. The Hall–Kier alpha value is -3.83. The van der Waals surface area contributed by atoms with Crippen LogP contribution in [0.5, 0.6) is 0 Å². The molecule has 0 saturated carbocycles. The maximum absolute atomic E-state index is 13.6. The molecule has 1 aliphatic rings. The minimum Gasteiger partial charge on any atom is -0.381 e. The monoisotopic (exact) mass is 512 g/mol. The number of nitrogens with one attached hydrogen (secondary N) is 3. The number of benzene rings is 3. The number of hydrogen-bond donors (Lipinski definition) is 3. The van der Waals surface area contributed by atoms with Crippen LogP contribution in [0.1, 0.15) is 23.2 Å². The van der Waals surface area contributed by atoms with Crippen molar-refractivity contribution in [3.8, 4) is 0 Å². The molecule has 36 heavy (non-hydrogen) atoms. The van der Waals surface area contributed by atoms with Gasteiger partial charge in [-0.2, -0.15) is 5.10 Å². The number of carbonyl (C=O) groups is 1. The van der Waals surface area contributed by atoms with Crippen LogP contribution in [0.3, 0.4) is 0 Å². The van der Waals surface area contributed by atoms with E-state index in [1.165, 1.54) is 18.2 Å². The quantitative estimate of drug-likeness (QED) is 0.350. The summed E-state index contributed by atoms with van der Waals surface area (Å²) in [5, 5.41) is 13.3. The van der Waals surface area contributed by atoms with Gasteiger partial charge in [0, 0.05) is 36.4 Å². The average molecular weight is 513 g/mol. The van der Waals surface area contributed by atoms with Crippen molar-refractivity contribution < 1.29 is 26.7 Å². The highest BCUT2D eigenvalue weighted by atomic mass is 32.2. The molecule has 0 unspecified atom stereocenters. The normalized spacial score (nSPS) is 14.6. The Bertz CT molecular complexity index is 1530. The molecule has 2 heterocycles. The van der Waals surface area contributed by atoms with Gasteiger partial charge in [0.25, 0.3) is 5.91 Å². The Morgan fingerprint density at radius 1 is 0.972 bits per heavy atom. The second kappa shape index (κ2) is 9.67. The van der Waals surface area contributed by atoms with Crippen LogP contribution in [0.4, 0.5) is 20.3 Å². The van der Waals surface area contributed by atoms with Gasteiger partial charge in [-0.15, -0.1) is 0 Å². The molecule has 4 aromatic rings. The third kappa shape index (κ3) is 4.79. The largest absolute Gasteiger partial charge is 0.381 e. The maximum atomic E-state index is 13.6. The Morgan fingerprint density at radius 3 is 2.44 bits per heavy atom. The molecule has 1 aliphatic heterocycles. The van der Waals surface area contributed by atoms with Crippen molar-refractivity contribution >= 4 is 38.2 Å². The van der Waals surface area contributed by atoms with E-state index in [0.717, 1.165) is 25.0 Å². The van der Waals surface area contributed by atoms with Crippen molar-refractivity contribution in [3.63, 3.8) is 0 Å². The first-order valence-corrected chi connectivity index (χ1v) is 12.7. The number of carbonyl (C=O) groups excluding carboxylic acids is 1. The molecule has 0 atom stereocenters. The second-order valence-electron chi connectivity index (χ2n) is 8.42. The van der Waals surface area contributed by atoms with E-state index < -0.39 is 32.3 Å². The van der Waals surface area contributed by atoms with Crippen LogP contribution in [-0.2, 0) is 14.6 Å². The summed E-state index contributed by atoms with van der Waals surface area (Å²) in [6.07, 6.45) is 1.65. The molecule has 0 radical (unpaired) electrons. The molecule has 186 valence electrons. The van der Waals surface area contributed by atoms with Crippen LogP contribution < -0.4 is 10.6 Å². The molecule has 3 N–H and O–H groups in total. The van der Waals surface area contributed by atoms with Gasteiger partial charge in [-0.25, -0.2) is 17.2 Å². The summed E-state index contributed by atoms with van der Waals surface area (Å²) in [6.45, 7) is 1.30. The number of aromatic amines is 1. The van der Waals surface area contributed by atoms with Crippen LogP contribution in [0.15, 0.2) is 70.5 Å². The fourth-order valence-corrected chi connectivity index (χ4v) is 5.45. The molecule has 3 aromatic carbocycles. The molecule has 1 saturated heterocycles. The summed E-state index contributed by atoms with van der Waals surface area (Å²) in [7, 11) is -4.23. The van der Waals surface area contributed by atoms with E-state index in [4.69, 9.17) is 4.74 Å². The first-order chi connectivity index (χ1) is 17.3. The molecule has 8 nitrogen and oxygen atoms in total. The topological polar surface area (TPSA) is 113 Å². The molecular weight excluding hydrogens is 490 g/mol. The number of nitrogens with zero attached hydrogens (tertiary/aromatic N) is 1. The van der Waals surface area contributed by atoms with Crippen LogP contribution in [0.2, 0.25) is 0 Å². The molecule has 5 rings (SSSR count). The summed E-state index contributed by atoms with van der Waals surface area (Å²) in [5.74, 6) is -2.31. The summed E-state index contributed by atoms with van der Waals surface area (Å²) in [6, 6.07) is 13.4. The molecule has 11 heteroatoms.